The fourth-order valence-electron chi connectivity index (χ4n) is 1.80. The van der Waals surface area contributed by atoms with Gasteiger partial charge in [-0.05, 0) is 59.9 Å². The van der Waals surface area contributed by atoms with E-state index in [4.69, 9.17) is 0 Å². The van der Waals surface area contributed by atoms with E-state index >= 15 is 0 Å². The first-order valence-electron chi connectivity index (χ1n) is 6.81. The van der Waals surface area contributed by atoms with Gasteiger partial charge in [0.05, 0.1) is 5.69 Å². The zero-order valence-electron chi connectivity index (χ0n) is 11.8. The van der Waals surface area contributed by atoms with Crippen molar-refractivity contribution in [3.63, 3.8) is 0 Å². The number of anilines is 1. The van der Waals surface area contributed by atoms with Crippen molar-refractivity contribution in [2.24, 2.45) is 0 Å². The Morgan fingerprint density at radius 2 is 2.05 bits per heavy atom. The maximum Gasteiger partial charge on any atom is 0.301 e. The molecule has 21 heavy (non-hydrogen) atoms. The van der Waals surface area contributed by atoms with Gasteiger partial charge < -0.3 is 5.32 Å². The van der Waals surface area contributed by atoms with Crippen LogP contribution in [0.15, 0.2) is 27.1 Å². The van der Waals surface area contributed by atoms with Gasteiger partial charge in [0.25, 0.3) is 0 Å². The zero-order chi connectivity index (χ0) is 15.5. The Morgan fingerprint density at radius 3 is 2.67 bits per heavy atom. The van der Waals surface area contributed by atoms with Crippen LogP contribution in [0, 0.1) is 0 Å². The highest BCUT2D eigenvalue weighted by Crippen LogP contribution is 2.27. The van der Waals surface area contributed by atoms with Crippen molar-refractivity contribution < 1.29 is 8.42 Å². The van der Waals surface area contributed by atoms with Gasteiger partial charge in [-0.25, -0.2) is 0 Å². The molecule has 8 heteroatoms. The van der Waals surface area contributed by atoms with E-state index in [0.29, 0.717) is 22.7 Å². The van der Waals surface area contributed by atoms with Gasteiger partial charge in [-0.15, -0.1) is 0 Å². The second kappa shape index (κ2) is 7.41. The molecular weight excluding hydrogens is 422 g/mol. The Morgan fingerprint density at radius 1 is 1.33 bits per heavy atom. The van der Waals surface area contributed by atoms with Crippen LogP contribution in [0.25, 0.3) is 0 Å². The molecule has 1 aliphatic rings. The van der Waals surface area contributed by atoms with Gasteiger partial charge in [0.2, 0.25) is 0 Å². The Kier molecular flexibility index (Phi) is 6.07. The molecular formula is C13H19Br2N3O2S. The summed E-state index contributed by atoms with van der Waals surface area (Å²) in [4.78, 5) is 0. The third-order valence-electron chi connectivity index (χ3n) is 3.24. The van der Waals surface area contributed by atoms with Crippen LogP contribution in [0.1, 0.15) is 19.3 Å². The van der Waals surface area contributed by atoms with Crippen LogP contribution in [0.4, 0.5) is 5.69 Å². The van der Waals surface area contributed by atoms with Gasteiger partial charge in [0.15, 0.2) is 0 Å². The summed E-state index contributed by atoms with van der Waals surface area (Å²) in [5.41, 5.74) is 0.529. The normalized spacial score (nSPS) is 15.4. The molecule has 0 saturated heterocycles. The van der Waals surface area contributed by atoms with Gasteiger partial charge in [-0.2, -0.15) is 12.7 Å². The Bertz CT molecular complexity index is 591. The third kappa shape index (κ3) is 5.52. The number of nitrogens with zero attached hydrogens (tertiary/aromatic N) is 1. The minimum atomic E-state index is -3.52. The van der Waals surface area contributed by atoms with Crippen LogP contribution in [0.3, 0.4) is 0 Å². The number of hydrogen-bond acceptors (Lipinski definition) is 3. The summed E-state index contributed by atoms with van der Waals surface area (Å²) < 4.78 is 30.0. The first-order valence-corrected chi connectivity index (χ1v) is 9.83. The first-order chi connectivity index (χ1) is 9.88. The van der Waals surface area contributed by atoms with Crippen LogP contribution in [-0.2, 0) is 10.2 Å². The summed E-state index contributed by atoms with van der Waals surface area (Å²) in [5, 5.41) is 3.37. The smallest absolute Gasteiger partial charge is 0.301 e. The minimum Gasteiger partial charge on any atom is -0.314 e. The Labute approximate surface area is 142 Å². The van der Waals surface area contributed by atoms with Crippen LogP contribution in [-0.4, -0.2) is 38.9 Å². The highest BCUT2D eigenvalue weighted by molar-refractivity contribution is 9.11. The fraction of sp³-hybridized carbons (Fsp3) is 0.538. The van der Waals surface area contributed by atoms with Crippen LogP contribution in [0.5, 0.6) is 0 Å². The number of rotatable bonds is 8. The lowest BCUT2D eigenvalue weighted by Crippen LogP contribution is -2.34. The van der Waals surface area contributed by atoms with Crippen LogP contribution >= 0.6 is 31.9 Å². The quantitative estimate of drug-likeness (QED) is 0.611. The van der Waals surface area contributed by atoms with Crippen molar-refractivity contribution in [1.29, 1.82) is 0 Å². The molecule has 1 aromatic carbocycles. The lowest BCUT2D eigenvalue weighted by Gasteiger charge is -2.19. The highest BCUT2D eigenvalue weighted by atomic mass is 79.9. The summed E-state index contributed by atoms with van der Waals surface area (Å²) in [7, 11) is -1.93. The summed E-state index contributed by atoms with van der Waals surface area (Å²) in [6.07, 6.45) is 3.29. The molecule has 0 unspecified atom stereocenters. The van der Waals surface area contributed by atoms with E-state index in [1.807, 2.05) is 0 Å². The van der Waals surface area contributed by atoms with Gasteiger partial charge in [0, 0.05) is 28.6 Å². The van der Waals surface area contributed by atoms with Gasteiger partial charge in [0.1, 0.15) is 0 Å². The second-order valence-corrected chi connectivity index (χ2v) is 8.68. The zero-order valence-corrected chi connectivity index (χ0v) is 15.8. The predicted molar refractivity (Wildman–Crippen MR) is 92.7 cm³/mol. The molecule has 1 saturated carbocycles. The molecule has 0 aromatic heterocycles. The number of halogens is 2. The molecule has 1 fully saturated rings. The van der Waals surface area contributed by atoms with Crippen molar-refractivity contribution in [3.05, 3.63) is 27.1 Å². The molecule has 1 aliphatic carbocycles. The van der Waals surface area contributed by atoms with Crippen LogP contribution in [0.2, 0.25) is 0 Å². The molecule has 0 radical (unpaired) electrons. The van der Waals surface area contributed by atoms with Crippen LogP contribution < -0.4 is 10.0 Å². The van der Waals surface area contributed by atoms with Crippen molar-refractivity contribution in [2.45, 2.75) is 25.3 Å². The minimum absolute atomic E-state index is 0.489. The van der Waals surface area contributed by atoms with E-state index in [9.17, 15) is 8.42 Å². The predicted octanol–water partition coefficient (Wildman–Crippen LogP) is 2.94. The standard InChI is InChI=1S/C13H19Br2N3O2S/c1-18(8-2-7-16-11-4-5-11)21(19,20)17-13-6-3-10(14)9-12(13)15/h3,6,9,11,16-17H,2,4-5,7-8H2,1H3. The molecule has 0 atom stereocenters. The van der Waals surface area contributed by atoms with Crippen molar-refractivity contribution in [1.82, 2.24) is 9.62 Å². The summed E-state index contributed by atoms with van der Waals surface area (Å²) in [5.74, 6) is 0. The average Bonchev–Trinajstić information content (AvgIpc) is 3.22. The molecule has 0 amide bonds. The summed E-state index contributed by atoms with van der Waals surface area (Å²) in [6, 6.07) is 5.97. The van der Waals surface area contributed by atoms with E-state index in [1.165, 1.54) is 17.1 Å². The SMILES string of the molecule is CN(CCCNC1CC1)S(=O)(=O)Nc1ccc(Br)cc1Br. The maximum absolute atomic E-state index is 12.2. The maximum atomic E-state index is 12.2. The summed E-state index contributed by atoms with van der Waals surface area (Å²) in [6.45, 7) is 1.34. The first kappa shape index (κ1) is 17.2. The van der Waals surface area contributed by atoms with E-state index in [0.717, 1.165) is 17.4 Å². The molecule has 5 nitrogen and oxygen atoms in total. The van der Waals surface area contributed by atoms with E-state index in [-0.39, 0.29) is 0 Å². The monoisotopic (exact) mass is 439 g/mol. The Hall–Kier alpha value is -0.150. The molecule has 0 spiro atoms. The summed E-state index contributed by atoms with van der Waals surface area (Å²) >= 11 is 6.69. The lowest BCUT2D eigenvalue weighted by molar-refractivity contribution is 0.458. The average molecular weight is 441 g/mol. The second-order valence-electron chi connectivity index (χ2n) is 5.13. The molecule has 118 valence electrons. The largest absolute Gasteiger partial charge is 0.314 e. The molecule has 0 heterocycles. The molecule has 2 N–H and O–H groups in total. The van der Waals surface area contributed by atoms with Crippen molar-refractivity contribution in [3.8, 4) is 0 Å². The van der Waals surface area contributed by atoms with E-state index < -0.39 is 10.2 Å². The Balaban J connectivity index is 1.86. The molecule has 2 rings (SSSR count). The van der Waals surface area contributed by atoms with Gasteiger partial charge >= 0.3 is 10.2 Å². The third-order valence-corrected chi connectivity index (χ3v) is 5.87. The lowest BCUT2D eigenvalue weighted by atomic mass is 10.3. The van der Waals surface area contributed by atoms with Crippen molar-refractivity contribution >= 4 is 47.8 Å². The van der Waals surface area contributed by atoms with Gasteiger partial charge in [-0.3, -0.25) is 4.72 Å². The molecule has 0 aliphatic heterocycles. The highest BCUT2D eigenvalue weighted by Gasteiger charge is 2.21. The number of benzene rings is 1. The topological polar surface area (TPSA) is 61.4 Å². The number of hydrogen-bond donors (Lipinski definition) is 2. The molecule has 0 bridgehead atoms. The van der Waals surface area contributed by atoms with Crippen molar-refractivity contribution in [2.75, 3.05) is 24.9 Å². The molecule has 1 aromatic rings. The fourth-order valence-corrected chi connectivity index (χ4v) is 4.06. The van der Waals surface area contributed by atoms with E-state index in [1.54, 1.807) is 25.2 Å². The number of nitrogens with one attached hydrogen (secondary N) is 2. The van der Waals surface area contributed by atoms with E-state index in [2.05, 4.69) is 41.9 Å². The van der Waals surface area contributed by atoms with Gasteiger partial charge in [-0.1, -0.05) is 15.9 Å².